The van der Waals surface area contributed by atoms with Crippen molar-refractivity contribution in [2.75, 3.05) is 12.4 Å². The molecule has 0 amide bonds. The third-order valence-corrected chi connectivity index (χ3v) is 2.84. The zero-order chi connectivity index (χ0) is 14.5. The van der Waals surface area contributed by atoms with Crippen molar-refractivity contribution < 1.29 is 9.66 Å². The Labute approximate surface area is 115 Å². The zero-order valence-corrected chi connectivity index (χ0v) is 11.2. The maximum atomic E-state index is 11.0. The van der Waals surface area contributed by atoms with Crippen LogP contribution in [0, 0.1) is 17.0 Å². The molecule has 0 aliphatic carbocycles. The molecule has 20 heavy (non-hydrogen) atoms. The summed E-state index contributed by atoms with van der Waals surface area (Å²) in [5, 5.41) is 13.9. The summed E-state index contributed by atoms with van der Waals surface area (Å²) in [7, 11) is 1.46. The number of nitrogens with one attached hydrogen (secondary N) is 1. The Morgan fingerprint density at radius 1 is 1.40 bits per heavy atom. The Kier molecular flexibility index (Phi) is 4.09. The fraction of sp³-hybridized carbons (Fsp3) is 0.231. The first kappa shape index (κ1) is 13.7. The van der Waals surface area contributed by atoms with Crippen LogP contribution in [0.15, 0.2) is 30.6 Å². The first-order chi connectivity index (χ1) is 9.61. The molecule has 2 aromatic heterocycles. The van der Waals surface area contributed by atoms with Crippen LogP contribution in [0.5, 0.6) is 5.88 Å². The van der Waals surface area contributed by atoms with E-state index in [4.69, 9.17) is 4.74 Å². The number of hydrogen-bond donors (Lipinski definition) is 1. The van der Waals surface area contributed by atoms with Crippen molar-refractivity contribution in [3.8, 4) is 5.88 Å². The summed E-state index contributed by atoms with van der Waals surface area (Å²) in [5.41, 5.74) is 1.92. The molecule has 104 valence electrons. The number of nitro groups is 1. The molecule has 7 heteroatoms. The van der Waals surface area contributed by atoms with Gasteiger partial charge in [-0.05, 0) is 24.1 Å². The molecule has 0 radical (unpaired) electrons. The van der Waals surface area contributed by atoms with Crippen molar-refractivity contribution in [2.24, 2.45) is 0 Å². The maximum Gasteiger partial charge on any atom is 0.311 e. The van der Waals surface area contributed by atoms with Crippen molar-refractivity contribution in [1.29, 1.82) is 0 Å². The van der Waals surface area contributed by atoms with Gasteiger partial charge < -0.3 is 10.1 Å². The van der Waals surface area contributed by atoms with Gasteiger partial charge in [-0.15, -0.1) is 0 Å². The SMILES string of the molecule is COc1ccc([N+](=O)[O-])c(NCc2ccncc2C)n1. The monoisotopic (exact) mass is 274 g/mol. The van der Waals surface area contributed by atoms with Crippen molar-refractivity contribution in [3.63, 3.8) is 0 Å². The van der Waals surface area contributed by atoms with Gasteiger partial charge in [0.05, 0.1) is 12.0 Å². The second-order valence-electron chi connectivity index (χ2n) is 4.13. The molecule has 0 saturated heterocycles. The highest BCUT2D eigenvalue weighted by atomic mass is 16.6. The van der Waals surface area contributed by atoms with E-state index in [0.29, 0.717) is 12.4 Å². The van der Waals surface area contributed by atoms with E-state index in [-0.39, 0.29) is 11.5 Å². The number of pyridine rings is 2. The van der Waals surface area contributed by atoms with Crippen molar-refractivity contribution in [3.05, 3.63) is 51.8 Å². The van der Waals surface area contributed by atoms with E-state index >= 15 is 0 Å². The van der Waals surface area contributed by atoms with E-state index in [2.05, 4.69) is 15.3 Å². The van der Waals surface area contributed by atoms with Gasteiger partial charge in [0.1, 0.15) is 0 Å². The average molecular weight is 274 g/mol. The molecule has 0 aromatic carbocycles. The summed E-state index contributed by atoms with van der Waals surface area (Å²) in [6.45, 7) is 2.35. The Bertz CT molecular complexity index is 631. The van der Waals surface area contributed by atoms with Crippen LogP contribution in [0.1, 0.15) is 11.1 Å². The van der Waals surface area contributed by atoms with Gasteiger partial charge in [0.2, 0.25) is 11.7 Å². The molecule has 0 fully saturated rings. The first-order valence-electron chi connectivity index (χ1n) is 5.94. The molecule has 0 unspecified atom stereocenters. The number of ether oxygens (including phenoxy) is 1. The van der Waals surface area contributed by atoms with Crippen LogP contribution in [-0.4, -0.2) is 22.0 Å². The van der Waals surface area contributed by atoms with Crippen molar-refractivity contribution in [1.82, 2.24) is 9.97 Å². The largest absolute Gasteiger partial charge is 0.481 e. The molecule has 2 heterocycles. The van der Waals surface area contributed by atoms with Gasteiger partial charge in [-0.3, -0.25) is 15.1 Å². The minimum atomic E-state index is -0.478. The minimum absolute atomic E-state index is 0.0856. The van der Waals surface area contributed by atoms with Crippen LogP contribution in [-0.2, 0) is 6.54 Å². The summed E-state index contributed by atoms with van der Waals surface area (Å²) in [5.74, 6) is 0.509. The summed E-state index contributed by atoms with van der Waals surface area (Å²) in [6.07, 6.45) is 3.42. The molecule has 0 atom stereocenters. The van der Waals surface area contributed by atoms with Gasteiger partial charge in [0, 0.05) is 31.1 Å². The molecular formula is C13H14N4O3. The number of methoxy groups -OCH3 is 1. The van der Waals surface area contributed by atoms with E-state index in [1.807, 2.05) is 13.0 Å². The van der Waals surface area contributed by atoms with Gasteiger partial charge >= 0.3 is 5.69 Å². The summed E-state index contributed by atoms with van der Waals surface area (Å²) < 4.78 is 4.98. The molecule has 7 nitrogen and oxygen atoms in total. The van der Waals surface area contributed by atoms with Crippen LogP contribution >= 0.6 is 0 Å². The predicted octanol–water partition coefficient (Wildman–Crippen LogP) is 2.31. The maximum absolute atomic E-state index is 11.0. The number of hydrogen-bond acceptors (Lipinski definition) is 6. The lowest BCUT2D eigenvalue weighted by atomic mass is 10.1. The van der Waals surface area contributed by atoms with Crippen LogP contribution in [0.25, 0.3) is 0 Å². The number of aryl methyl sites for hydroxylation is 1. The Balaban J connectivity index is 2.24. The third kappa shape index (κ3) is 3.00. The summed E-state index contributed by atoms with van der Waals surface area (Å²) in [6, 6.07) is 4.68. The van der Waals surface area contributed by atoms with E-state index in [9.17, 15) is 10.1 Å². The molecule has 2 aromatic rings. The predicted molar refractivity (Wildman–Crippen MR) is 73.7 cm³/mol. The molecule has 1 N–H and O–H groups in total. The lowest BCUT2D eigenvalue weighted by molar-refractivity contribution is -0.384. The van der Waals surface area contributed by atoms with E-state index in [1.54, 1.807) is 12.4 Å². The van der Waals surface area contributed by atoms with E-state index in [1.165, 1.54) is 19.2 Å². The van der Waals surface area contributed by atoms with Crippen LogP contribution in [0.3, 0.4) is 0 Å². The topological polar surface area (TPSA) is 90.2 Å². The number of aromatic nitrogens is 2. The van der Waals surface area contributed by atoms with E-state index in [0.717, 1.165) is 11.1 Å². The fourth-order valence-electron chi connectivity index (χ4n) is 1.70. The number of rotatable bonds is 5. The number of anilines is 1. The van der Waals surface area contributed by atoms with Gasteiger partial charge in [0.15, 0.2) is 0 Å². The molecule has 0 aliphatic rings. The van der Waals surface area contributed by atoms with Crippen molar-refractivity contribution >= 4 is 11.5 Å². The lowest BCUT2D eigenvalue weighted by Gasteiger charge is -2.09. The average Bonchev–Trinajstić information content (AvgIpc) is 2.46. The lowest BCUT2D eigenvalue weighted by Crippen LogP contribution is -2.06. The highest BCUT2D eigenvalue weighted by Gasteiger charge is 2.16. The molecule has 0 spiro atoms. The van der Waals surface area contributed by atoms with Crippen LogP contribution in [0.4, 0.5) is 11.5 Å². The smallest absolute Gasteiger partial charge is 0.311 e. The Hall–Kier alpha value is -2.70. The Morgan fingerprint density at radius 2 is 2.20 bits per heavy atom. The third-order valence-electron chi connectivity index (χ3n) is 2.84. The normalized spacial score (nSPS) is 10.1. The molecule has 2 rings (SSSR count). The highest BCUT2D eigenvalue weighted by Crippen LogP contribution is 2.25. The molecule has 0 saturated carbocycles. The van der Waals surface area contributed by atoms with Gasteiger partial charge in [-0.25, -0.2) is 0 Å². The quantitative estimate of drug-likeness (QED) is 0.664. The molecular weight excluding hydrogens is 260 g/mol. The first-order valence-corrected chi connectivity index (χ1v) is 5.94. The second kappa shape index (κ2) is 5.96. The second-order valence-corrected chi connectivity index (χ2v) is 4.13. The Morgan fingerprint density at radius 3 is 2.85 bits per heavy atom. The summed E-state index contributed by atoms with van der Waals surface area (Å²) in [4.78, 5) is 18.6. The van der Waals surface area contributed by atoms with Crippen LogP contribution < -0.4 is 10.1 Å². The van der Waals surface area contributed by atoms with E-state index < -0.39 is 4.92 Å². The number of nitrogens with zero attached hydrogens (tertiary/aromatic N) is 3. The minimum Gasteiger partial charge on any atom is -0.481 e. The highest BCUT2D eigenvalue weighted by molar-refractivity contribution is 5.57. The van der Waals surface area contributed by atoms with Gasteiger partial charge in [0.25, 0.3) is 0 Å². The summed E-state index contributed by atoms with van der Waals surface area (Å²) >= 11 is 0. The fourth-order valence-corrected chi connectivity index (χ4v) is 1.70. The van der Waals surface area contributed by atoms with Gasteiger partial charge in [-0.1, -0.05) is 0 Å². The molecule has 0 bridgehead atoms. The standard InChI is InChI=1S/C13H14N4O3/c1-9-7-14-6-5-10(9)8-15-13-11(17(18)19)3-4-12(16-13)20-2/h3-7H,8H2,1-2H3,(H,15,16). The zero-order valence-electron chi connectivity index (χ0n) is 11.2. The van der Waals surface area contributed by atoms with Crippen LogP contribution in [0.2, 0.25) is 0 Å². The van der Waals surface area contributed by atoms with Gasteiger partial charge in [-0.2, -0.15) is 4.98 Å². The molecule has 0 aliphatic heterocycles. The van der Waals surface area contributed by atoms with Crippen molar-refractivity contribution in [2.45, 2.75) is 13.5 Å².